The molecule has 0 radical (unpaired) electrons. The SMILES string of the molecule is Fc1ccccc1C(C1=CC=CC1)(c1ccccc1)c1ccccc1. The molecule has 0 bridgehead atoms. The van der Waals surface area contributed by atoms with Crippen LogP contribution in [-0.2, 0) is 5.41 Å². The second-order valence-corrected chi connectivity index (χ2v) is 6.29. The lowest BCUT2D eigenvalue weighted by atomic mass is 9.64. The lowest BCUT2D eigenvalue weighted by Gasteiger charge is -2.38. The van der Waals surface area contributed by atoms with Gasteiger partial charge in [-0.1, -0.05) is 97.1 Å². The summed E-state index contributed by atoms with van der Waals surface area (Å²) in [6.07, 6.45) is 7.15. The Morgan fingerprint density at radius 2 is 1.24 bits per heavy atom. The number of hydrogen-bond donors (Lipinski definition) is 0. The molecule has 25 heavy (non-hydrogen) atoms. The normalized spacial score (nSPS) is 13.7. The molecule has 0 aliphatic heterocycles. The van der Waals surface area contributed by atoms with Gasteiger partial charge in [-0.25, -0.2) is 4.39 Å². The van der Waals surface area contributed by atoms with Crippen LogP contribution in [0.15, 0.2) is 109 Å². The van der Waals surface area contributed by atoms with Crippen LogP contribution in [0.2, 0.25) is 0 Å². The van der Waals surface area contributed by atoms with E-state index in [2.05, 4.69) is 42.5 Å². The van der Waals surface area contributed by atoms with E-state index >= 15 is 4.39 Å². The highest BCUT2D eigenvalue weighted by molar-refractivity contribution is 5.60. The molecule has 1 aliphatic rings. The maximum atomic E-state index is 15.1. The summed E-state index contributed by atoms with van der Waals surface area (Å²) in [5.41, 5.74) is 3.43. The Bertz CT molecular complexity index is 881. The standard InChI is InChI=1S/C24H19F/c25-23-18-10-9-17-22(23)24(21-15-7-8-16-21,19-11-3-1-4-12-19)20-13-5-2-6-14-20/h1-15,17-18H,16H2. The molecule has 4 rings (SSSR count). The van der Waals surface area contributed by atoms with E-state index in [4.69, 9.17) is 0 Å². The molecular weight excluding hydrogens is 307 g/mol. The Kier molecular flexibility index (Phi) is 4.07. The van der Waals surface area contributed by atoms with E-state index < -0.39 is 5.41 Å². The van der Waals surface area contributed by atoms with Gasteiger partial charge in [0.2, 0.25) is 0 Å². The molecule has 0 unspecified atom stereocenters. The molecule has 0 heterocycles. The van der Waals surface area contributed by atoms with Gasteiger partial charge in [-0.15, -0.1) is 0 Å². The van der Waals surface area contributed by atoms with Crippen molar-refractivity contribution >= 4 is 0 Å². The van der Waals surface area contributed by atoms with E-state index in [1.165, 1.54) is 5.57 Å². The highest BCUT2D eigenvalue weighted by atomic mass is 19.1. The van der Waals surface area contributed by atoms with Crippen LogP contribution >= 0.6 is 0 Å². The van der Waals surface area contributed by atoms with E-state index in [-0.39, 0.29) is 5.82 Å². The summed E-state index contributed by atoms with van der Waals surface area (Å²) < 4.78 is 15.1. The maximum absolute atomic E-state index is 15.1. The summed E-state index contributed by atoms with van der Waals surface area (Å²) in [4.78, 5) is 0. The van der Waals surface area contributed by atoms with Gasteiger partial charge in [-0.3, -0.25) is 0 Å². The topological polar surface area (TPSA) is 0 Å². The van der Waals surface area contributed by atoms with Crippen molar-refractivity contribution in [1.82, 2.24) is 0 Å². The fraction of sp³-hybridized carbons (Fsp3) is 0.0833. The summed E-state index contributed by atoms with van der Waals surface area (Å²) in [6.45, 7) is 0. The van der Waals surface area contributed by atoms with E-state index in [0.717, 1.165) is 17.5 Å². The van der Waals surface area contributed by atoms with Gasteiger partial charge in [-0.05, 0) is 29.2 Å². The van der Waals surface area contributed by atoms with Crippen molar-refractivity contribution in [1.29, 1.82) is 0 Å². The molecule has 0 saturated heterocycles. The molecule has 1 heteroatoms. The number of halogens is 1. The lowest BCUT2D eigenvalue weighted by molar-refractivity contribution is 0.574. The molecule has 0 atom stereocenters. The van der Waals surface area contributed by atoms with Gasteiger partial charge < -0.3 is 0 Å². The van der Waals surface area contributed by atoms with Crippen molar-refractivity contribution in [3.8, 4) is 0 Å². The first-order chi connectivity index (χ1) is 12.3. The zero-order valence-corrected chi connectivity index (χ0v) is 13.9. The molecule has 0 fully saturated rings. The third-order valence-electron chi connectivity index (χ3n) is 4.94. The van der Waals surface area contributed by atoms with Gasteiger partial charge >= 0.3 is 0 Å². The second-order valence-electron chi connectivity index (χ2n) is 6.29. The Hall–Kier alpha value is -2.93. The van der Waals surface area contributed by atoms with Gasteiger partial charge in [0.05, 0.1) is 5.41 Å². The summed E-state index contributed by atoms with van der Waals surface area (Å²) in [6, 6.07) is 27.6. The van der Waals surface area contributed by atoms with Gasteiger partial charge in [0, 0.05) is 5.56 Å². The summed E-state index contributed by atoms with van der Waals surface area (Å²) in [7, 11) is 0. The zero-order valence-electron chi connectivity index (χ0n) is 13.9. The molecule has 0 aromatic heterocycles. The van der Waals surface area contributed by atoms with Crippen molar-refractivity contribution in [3.05, 3.63) is 131 Å². The van der Waals surface area contributed by atoms with Crippen LogP contribution < -0.4 is 0 Å². The van der Waals surface area contributed by atoms with Gasteiger partial charge in [0.1, 0.15) is 5.82 Å². The van der Waals surface area contributed by atoms with Crippen LogP contribution in [0.25, 0.3) is 0 Å². The first-order valence-electron chi connectivity index (χ1n) is 8.55. The fourth-order valence-electron chi connectivity index (χ4n) is 3.89. The quantitative estimate of drug-likeness (QED) is 0.512. The smallest absolute Gasteiger partial charge is 0.127 e. The summed E-state index contributed by atoms with van der Waals surface area (Å²) >= 11 is 0. The molecule has 3 aromatic carbocycles. The van der Waals surface area contributed by atoms with Gasteiger partial charge in [-0.2, -0.15) is 0 Å². The number of rotatable bonds is 4. The first kappa shape index (κ1) is 15.6. The number of benzene rings is 3. The molecule has 0 nitrogen and oxygen atoms in total. The third kappa shape index (κ3) is 2.53. The van der Waals surface area contributed by atoms with Crippen molar-refractivity contribution in [2.45, 2.75) is 11.8 Å². The molecule has 122 valence electrons. The molecule has 0 N–H and O–H groups in total. The van der Waals surface area contributed by atoms with Crippen molar-refractivity contribution in [3.63, 3.8) is 0 Å². The minimum atomic E-state index is -0.628. The number of allylic oxidation sites excluding steroid dienone is 4. The molecule has 0 amide bonds. The predicted octanol–water partition coefficient (Wildman–Crippen LogP) is 6.05. The Morgan fingerprint density at radius 1 is 0.680 bits per heavy atom. The van der Waals surface area contributed by atoms with Crippen LogP contribution in [0.4, 0.5) is 4.39 Å². The van der Waals surface area contributed by atoms with Gasteiger partial charge in [0.25, 0.3) is 0 Å². The maximum Gasteiger partial charge on any atom is 0.127 e. The van der Waals surface area contributed by atoms with Crippen LogP contribution in [0.5, 0.6) is 0 Å². The minimum absolute atomic E-state index is 0.178. The molecular formula is C24H19F. The first-order valence-corrected chi connectivity index (χ1v) is 8.55. The fourth-order valence-corrected chi connectivity index (χ4v) is 3.89. The van der Waals surface area contributed by atoms with Crippen molar-refractivity contribution in [2.75, 3.05) is 0 Å². The van der Waals surface area contributed by atoms with Crippen LogP contribution in [0.3, 0.4) is 0 Å². The molecule has 0 saturated carbocycles. The van der Waals surface area contributed by atoms with Crippen molar-refractivity contribution < 1.29 is 4.39 Å². The zero-order chi connectivity index (χ0) is 17.1. The highest BCUT2D eigenvalue weighted by Gasteiger charge is 2.41. The van der Waals surface area contributed by atoms with Crippen LogP contribution in [0, 0.1) is 5.82 Å². The Balaban J connectivity index is 2.11. The molecule has 3 aromatic rings. The lowest BCUT2D eigenvalue weighted by Crippen LogP contribution is -2.32. The third-order valence-corrected chi connectivity index (χ3v) is 4.94. The van der Waals surface area contributed by atoms with Crippen molar-refractivity contribution in [2.24, 2.45) is 0 Å². The number of hydrogen-bond acceptors (Lipinski definition) is 0. The van der Waals surface area contributed by atoms with E-state index in [1.54, 1.807) is 12.1 Å². The minimum Gasteiger partial charge on any atom is -0.207 e. The second kappa shape index (κ2) is 6.52. The Labute approximate surface area is 148 Å². The van der Waals surface area contributed by atoms with Crippen LogP contribution in [-0.4, -0.2) is 0 Å². The molecule has 0 spiro atoms. The van der Waals surface area contributed by atoms with E-state index in [9.17, 15) is 0 Å². The highest BCUT2D eigenvalue weighted by Crippen LogP contribution is 2.48. The average Bonchev–Trinajstić information content (AvgIpc) is 3.21. The monoisotopic (exact) mass is 326 g/mol. The largest absolute Gasteiger partial charge is 0.207 e. The van der Waals surface area contributed by atoms with Crippen LogP contribution in [0.1, 0.15) is 23.1 Å². The Morgan fingerprint density at radius 3 is 1.76 bits per heavy atom. The van der Waals surface area contributed by atoms with E-state index in [0.29, 0.717) is 5.56 Å². The summed E-state index contributed by atoms with van der Waals surface area (Å²) in [5, 5.41) is 0. The average molecular weight is 326 g/mol. The molecule has 1 aliphatic carbocycles. The predicted molar refractivity (Wildman–Crippen MR) is 101 cm³/mol. The summed E-state index contributed by atoms with van der Waals surface area (Å²) in [5.74, 6) is -0.178. The van der Waals surface area contributed by atoms with E-state index in [1.807, 2.05) is 48.5 Å². The van der Waals surface area contributed by atoms with Gasteiger partial charge in [0.15, 0.2) is 0 Å².